The number of anilines is 2. The van der Waals surface area contributed by atoms with Gasteiger partial charge in [-0.05, 0) is 42.2 Å². The van der Waals surface area contributed by atoms with Crippen molar-refractivity contribution in [3.63, 3.8) is 0 Å². The molecule has 3 aromatic rings. The first-order valence-electron chi connectivity index (χ1n) is 10.8. The van der Waals surface area contributed by atoms with Crippen LogP contribution in [0.3, 0.4) is 0 Å². The fourth-order valence-electron chi connectivity index (χ4n) is 4.18. The maximum Gasteiger partial charge on any atom is 0.222 e. The molecular formula is C26H28ClN3O. The molecule has 0 bridgehead atoms. The second kappa shape index (κ2) is 9.88. The molecule has 5 heteroatoms. The van der Waals surface area contributed by atoms with E-state index in [2.05, 4.69) is 41.3 Å². The minimum absolute atomic E-state index is 0.223. The van der Waals surface area contributed by atoms with Crippen LogP contribution in [0.4, 0.5) is 11.4 Å². The summed E-state index contributed by atoms with van der Waals surface area (Å²) in [6.07, 6.45) is 2.26. The van der Waals surface area contributed by atoms with Crippen LogP contribution in [0.25, 0.3) is 0 Å². The van der Waals surface area contributed by atoms with Gasteiger partial charge in [-0.3, -0.25) is 4.79 Å². The SMILES string of the molecule is Nc1ccc(N(Cc2ccccc2)[C@H]2CCN(C(=O)CCc3ccccc3)C2)cc1Cl. The first-order chi connectivity index (χ1) is 15.1. The van der Waals surface area contributed by atoms with Gasteiger partial charge in [0.05, 0.1) is 10.7 Å². The Morgan fingerprint density at radius 2 is 1.68 bits per heavy atom. The molecule has 1 fully saturated rings. The summed E-state index contributed by atoms with van der Waals surface area (Å²) in [4.78, 5) is 17.2. The Labute approximate surface area is 189 Å². The summed E-state index contributed by atoms with van der Waals surface area (Å²) in [7, 11) is 0. The van der Waals surface area contributed by atoms with Gasteiger partial charge in [0.15, 0.2) is 0 Å². The molecule has 0 spiro atoms. The Balaban J connectivity index is 1.46. The summed E-state index contributed by atoms with van der Waals surface area (Å²) in [5.41, 5.74) is 9.98. The zero-order chi connectivity index (χ0) is 21.6. The predicted octanol–water partition coefficient (Wildman–Crippen LogP) is 5.16. The molecule has 1 heterocycles. The lowest BCUT2D eigenvalue weighted by molar-refractivity contribution is -0.130. The molecule has 0 aliphatic carbocycles. The second-order valence-electron chi connectivity index (χ2n) is 8.09. The van der Waals surface area contributed by atoms with Crippen molar-refractivity contribution in [3.8, 4) is 0 Å². The number of halogens is 1. The number of hydrogen-bond donors (Lipinski definition) is 1. The third-order valence-corrected chi connectivity index (χ3v) is 6.27. The van der Waals surface area contributed by atoms with Gasteiger partial charge in [-0.15, -0.1) is 0 Å². The Kier molecular flexibility index (Phi) is 6.78. The second-order valence-corrected chi connectivity index (χ2v) is 8.49. The van der Waals surface area contributed by atoms with Gasteiger partial charge in [0.1, 0.15) is 0 Å². The number of carbonyl (C=O) groups is 1. The van der Waals surface area contributed by atoms with Crippen LogP contribution < -0.4 is 10.6 Å². The molecule has 0 radical (unpaired) electrons. The molecule has 1 aliphatic rings. The highest BCUT2D eigenvalue weighted by Crippen LogP contribution is 2.30. The van der Waals surface area contributed by atoms with E-state index in [1.54, 1.807) is 0 Å². The summed E-state index contributed by atoms with van der Waals surface area (Å²) in [6, 6.07) is 26.6. The van der Waals surface area contributed by atoms with E-state index in [9.17, 15) is 4.79 Å². The maximum atomic E-state index is 12.9. The molecule has 1 atom stereocenters. The first kappa shape index (κ1) is 21.3. The lowest BCUT2D eigenvalue weighted by atomic mass is 10.1. The highest BCUT2D eigenvalue weighted by Gasteiger charge is 2.30. The fourth-order valence-corrected chi connectivity index (χ4v) is 4.36. The zero-order valence-electron chi connectivity index (χ0n) is 17.6. The number of hydrogen-bond acceptors (Lipinski definition) is 3. The van der Waals surface area contributed by atoms with Crippen molar-refractivity contribution in [2.75, 3.05) is 23.7 Å². The lowest BCUT2D eigenvalue weighted by Crippen LogP contribution is -2.38. The van der Waals surface area contributed by atoms with Crippen molar-refractivity contribution in [2.45, 2.75) is 31.8 Å². The lowest BCUT2D eigenvalue weighted by Gasteiger charge is -2.32. The van der Waals surface area contributed by atoms with E-state index >= 15 is 0 Å². The topological polar surface area (TPSA) is 49.6 Å². The Morgan fingerprint density at radius 1 is 1.00 bits per heavy atom. The number of aryl methyl sites for hydroxylation is 1. The number of likely N-dealkylation sites (tertiary alicyclic amines) is 1. The van der Waals surface area contributed by atoms with Crippen LogP contribution in [-0.4, -0.2) is 29.9 Å². The van der Waals surface area contributed by atoms with Gasteiger partial charge in [0, 0.05) is 37.8 Å². The van der Waals surface area contributed by atoms with Crippen molar-refractivity contribution >= 4 is 28.9 Å². The van der Waals surface area contributed by atoms with Crippen LogP contribution in [0.15, 0.2) is 78.9 Å². The smallest absolute Gasteiger partial charge is 0.222 e. The average Bonchev–Trinajstić information content (AvgIpc) is 3.29. The number of nitrogen functional groups attached to an aromatic ring is 1. The van der Waals surface area contributed by atoms with Gasteiger partial charge in [-0.1, -0.05) is 72.3 Å². The van der Waals surface area contributed by atoms with Crippen molar-refractivity contribution in [3.05, 3.63) is 95.0 Å². The Hall–Kier alpha value is -2.98. The number of benzene rings is 3. The maximum absolute atomic E-state index is 12.9. The van der Waals surface area contributed by atoms with E-state index in [1.807, 2.05) is 47.4 Å². The van der Waals surface area contributed by atoms with Crippen LogP contribution in [0.5, 0.6) is 0 Å². The molecule has 31 heavy (non-hydrogen) atoms. The molecule has 1 aliphatic heterocycles. The zero-order valence-corrected chi connectivity index (χ0v) is 18.3. The van der Waals surface area contributed by atoms with Gasteiger partial charge in [0.2, 0.25) is 5.91 Å². The molecule has 2 N–H and O–H groups in total. The van der Waals surface area contributed by atoms with E-state index in [1.165, 1.54) is 11.1 Å². The molecule has 1 saturated heterocycles. The third-order valence-electron chi connectivity index (χ3n) is 5.94. The number of nitrogens with zero attached hydrogens (tertiary/aromatic N) is 2. The van der Waals surface area contributed by atoms with Crippen molar-refractivity contribution in [1.29, 1.82) is 0 Å². The quantitative estimate of drug-likeness (QED) is 0.523. The normalized spacial score (nSPS) is 15.8. The molecule has 0 saturated carbocycles. The summed E-state index contributed by atoms with van der Waals surface area (Å²) in [5, 5.41) is 0.560. The minimum atomic E-state index is 0.223. The van der Waals surface area contributed by atoms with Crippen LogP contribution in [-0.2, 0) is 17.8 Å². The van der Waals surface area contributed by atoms with Gasteiger partial charge in [0.25, 0.3) is 0 Å². The fraction of sp³-hybridized carbons (Fsp3) is 0.269. The van der Waals surface area contributed by atoms with Crippen LogP contribution in [0.1, 0.15) is 24.0 Å². The molecule has 0 aromatic heterocycles. The predicted molar refractivity (Wildman–Crippen MR) is 128 cm³/mol. The highest BCUT2D eigenvalue weighted by atomic mass is 35.5. The van der Waals surface area contributed by atoms with E-state index in [0.29, 0.717) is 17.1 Å². The summed E-state index contributed by atoms with van der Waals surface area (Å²) in [5.74, 6) is 0.223. The van der Waals surface area contributed by atoms with E-state index in [0.717, 1.165) is 38.2 Å². The average molecular weight is 434 g/mol. The molecule has 160 valence electrons. The third kappa shape index (κ3) is 5.39. The summed E-state index contributed by atoms with van der Waals surface area (Å²) < 4.78 is 0. The van der Waals surface area contributed by atoms with E-state index < -0.39 is 0 Å². The molecule has 3 aromatic carbocycles. The standard InChI is InChI=1S/C26H28ClN3O/c27-24-17-22(12-13-25(24)28)30(18-21-9-5-2-6-10-21)23-15-16-29(19-23)26(31)14-11-20-7-3-1-4-8-20/h1-10,12-13,17,23H,11,14-16,18-19,28H2/t23-/m0/s1. The van der Waals surface area contributed by atoms with Crippen molar-refractivity contribution in [1.82, 2.24) is 4.90 Å². The van der Waals surface area contributed by atoms with Gasteiger partial charge >= 0.3 is 0 Å². The van der Waals surface area contributed by atoms with E-state index in [4.69, 9.17) is 17.3 Å². The number of nitrogens with two attached hydrogens (primary N) is 1. The van der Waals surface area contributed by atoms with Crippen LogP contribution in [0.2, 0.25) is 5.02 Å². The Morgan fingerprint density at radius 3 is 2.35 bits per heavy atom. The monoisotopic (exact) mass is 433 g/mol. The number of rotatable bonds is 7. The number of carbonyl (C=O) groups excluding carboxylic acids is 1. The van der Waals surface area contributed by atoms with Crippen LogP contribution >= 0.6 is 11.6 Å². The molecule has 1 amide bonds. The van der Waals surface area contributed by atoms with Crippen molar-refractivity contribution in [2.24, 2.45) is 0 Å². The van der Waals surface area contributed by atoms with Crippen LogP contribution in [0, 0.1) is 0 Å². The van der Waals surface area contributed by atoms with Gasteiger partial charge in [-0.25, -0.2) is 0 Å². The molecule has 4 nitrogen and oxygen atoms in total. The highest BCUT2D eigenvalue weighted by molar-refractivity contribution is 6.33. The van der Waals surface area contributed by atoms with Crippen molar-refractivity contribution < 1.29 is 4.79 Å². The largest absolute Gasteiger partial charge is 0.398 e. The summed E-state index contributed by atoms with van der Waals surface area (Å²) in [6.45, 7) is 2.27. The Bertz CT molecular complexity index is 1010. The van der Waals surface area contributed by atoms with E-state index in [-0.39, 0.29) is 11.9 Å². The van der Waals surface area contributed by atoms with Gasteiger partial charge < -0.3 is 15.5 Å². The molecule has 4 rings (SSSR count). The summed E-state index contributed by atoms with van der Waals surface area (Å²) >= 11 is 6.33. The molecule has 0 unspecified atom stereocenters. The van der Waals surface area contributed by atoms with Gasteiger partial charge in [-0.2, -0.15) is 0 Å². The minimum Gasteiger partial charge on any atom is -0.398 e. The number of amides is 1. The first-order valence-corrected chi connectivity index (χ1v) is 11.2. The molecular weight excluding hydrogens is 406 g/mol.